The molecule has 0 fully saturated rings. The van der Waals surface area contributed by atoms with Gasteiger partial charge in [-0.1, -0.05) is 11.6 Å². The average Bonchev–Trinajstić information content (AvgIpc) is 2.32. The molecule has 0 radical (unpaired) electrons. The molecule has 0 N–H and O–H groups in total. The number of benzene rings is 1. The number of ether oxygens (including phenoxy) is 1. The highest BCUT2D eigenvalue weighted by atomic mass is 16.9. The Morgan fingerprint density at radius 3 is 3.06 bits per heavy atom. The molecule has 2 rings (SSSR count). The van der Waals surface area contributed by atoms with Crippen LogP contribution in [0.25, 0.3) is 0 Å². The molecule has 1 aromatic carbocycles. The van der Waals surface area contributed by atoms with E-state index in [4.69, 9.17) is 4.74 Å². The van der Waals surface area contributed by atoms with Gasteiger partial charge in [0, 0.05) is 6.54 Å². The first-order valence-electron chi connectivity index (χ1n) is 5.38. The van der Waals surface area contributed by atoms with Crippen molar-refractivity contribution < 1.29 is 19.5 Å². The Morgan fingerprint density at radius 1 is 1.56 bits per heavy atom. The maximum Gasteiger partial charge on any atom is 0.294 e. The van der Waals surface area contributed by atoms with Crippen molar-refractivity contribution in [1.82, 2.24) is 4.90 Å². The van der Waals surface area contributed by atoms with Crippen LogP contribution in [0.5, 0.6) is 5.75 Å². The maximum atomic E-state index is 12.1. The fraction of sp³-hybridized carbons (Fsp3) is 0.364. The van der Waals surface area contributed by atoms with Crippen LogP contribution in [0.2, 0.25) is 0 Å². The van der Waals surface area contributed by atoms with E-state index in [-0.39, 0.29) is 25.8 Å². The molecule has 0 bridgehead atoms. The van der Waals surface area contributed by atoms with E-state index in [1.54, 1.807) is 12.1 Å². The monoisotopic (exact) mass is 252 g/mol. The predicted octanol–water partition coefficient (Wildman–Crippen LogP) is 0.995. The summed E-state index contributed by atoms with van der Waals surface area (Å²) in [6.45, 7) is 1.91. The van der Waals surface area contributed by atoms with Crippen molar-refractivity contribution in [2.45, 2.75) is 6.92 Å². The van der Waals surface area contributed by atoms with Crippen LogP contribution < -0.4 is 4.74 Å². The van der Waals surface area contributed by atoms with Gasteiger partial charge in [0.25, 0.3) is 11.0 Å². The second-order valence-electron chi connectivity index (χ2n) is 3.90. The number of hydrogen-bond acceptors (Lipinski definition) is 5. The first-order valence-corrected chi connectivity index (χ1v) is 5.38. The van der Waals surface area contributed by atoms with Gasteiger partial charge in [0.15, 0.2) is 6.73 Å². The zero-order valence-electron chi connectivity index (χ0n) is 9.79. The van der Waals surface area contributed by atoms with E-state index in [0.29, 0.717) is 11.3 Å². The van der Waals surface area contributed by atoms with Crippen molar-refractivity contribution in [3.05, 3.63) is 39.4 Å². The standard InChI is InChI=1S/C11H12N2O5/c1-8-2-3-10-9(6-8)11(14)12(7-17-10)4-5-18-13(15)16/h2-3,6H,4-5,7H2,1H3. The van der Waals surface area contributed by atoms with Gasteiger partial charge in [-0.15, -0.1) is 10.1 Å². The molecule has 18 heavy (non-hydrogen) atoms. The highest BCUT2D eigenvalue weighted by Crippen LogP contribution is 2.25. The highest BCUT2D eigenvalue weighted by Gasteiger charge is 2.25. The topological polar surface area (TPSA) is 81.9 Å². The van der Waals surface area contributed by atoms with Gasteiger partial charge in [0.05, 0.1) is 5.56 Å². The average molecular weight is 252 g/mol. The van der Waals surface area contributed by atoms with Crippen LogP contribution in [0.4, 0.5) is 0 Å². The lowest BCUT2D eigenvalue weighted by atomic mass is 10.1. The minimum atomic E-state index is -0.882. The highest BCUT2D eigenvalue weighted by molar-refractivity contribution is 5.97. The van der Waals surface area contributed by atoms with Gasteiger partial charge in [-0.2, -0.15) is 0 Å². The molecule has 1 heterocycles. The summed E-state index contributed by atoms with van der Waals surface area (Å²) >= 11 is 0. The lowest BCUT2D eigenvalue weighted by molar-refractivity contribution is -0.757. The first kappa shape index (κ1) is 12.2. The number of aryl methyl sites for hydroxylation is 1. The van der Waals surface area contributed by atoms with Gasteiger partial charge in [-0.05, 0) is 19.1 Å². The largest absolute Gasteiger partial charge is 0.472 e. The lowest BCUT2D eigenvalue weighted by Gasteiger charge is -2.28. The van der Waals surface area contributed by atoms with Crippen LogP contribution >= 0.6 is 0 Å². The zero-order valence-corrected chi connectivity index (χ0v) is 9.79. The van der Waals surface area contributed by atoms with E-state index >= 15 is 0 Å². The van der Waals surface area contributed by atoms with Gasteiger partial charge in [-0.25, -0.2) is 0 Å². The SMILES string of the molecule is Cc1ccc2c(c1)C(=O)N(CCO[N+](=O)[O-])CO2. The third kappa shape index (κ3) is 2.50. The Hall–Kier alpha value is -2.31. The van der Waals surface area contributed by atoms with Crippen molar-refractivity contribution >= 4 is 5.91 Å². The Balaban J connectivity index is 2.05. The molecule has 1 aliphatic heterocycles. The minimum absolute atomic E-state index is 0.0793. The number of hydrogen-bond donors (Lipinski definition) is 0. The van der Waals surface area contributed by atoms with Crippen LogP contribution in [0.3, 0.4) is 0 Å². The molecule has 0 aliphatic carbocycles. The summed E-state index contributed by atoms with van der Waals surface area (Å²) < 4.78 is 5.40. The van der Waals surface area contributed by atoms with Crippen LogP contribution in [0.15, 0.2) is 18.2 Å². The Morgan fingerprint density at radius 2 is 2.33 bits per heavy atom. The number of nitrogens with zero attached hydrogens (tertiary/aromatic N) is 2. The van der Waals surface area contributed by atoms with Crippen LogP contribution in [-0.2, 0) is 4.84 Å². The zero-order chi connectivity index (χ0) is 13.1. The minimum Gasteiger partial charge on any atom is -0.472 e. The molecule has 96 valence electrons. The third-order valence-electron chi connectivity index (χ3n) is 2.59. The summed E-state index contributed by atoms with van der Waals surface area (Å²) in [6, 6.07) is 5.34. The van der Waals surface area contributed by atoms with E-state index in [2.05, 4.69) is 4.84 Å². The molecule has 1 aliphatic rings. The second kappa shape index (κ2) is 4.91. The van der Waals surface area contributed by atoms with Gasteiger partial charge in [-0.3, -0.25) is 4.79 Å². The summed E-state index contributed by atoms with van der Waals surface area (Å²) in [5.41, 5.74) is 1.43. The summed E-state index contributed by atoms with van der Waals surface area (Å²) in [5, 5.41) is 9.13. The molecule has 0 unspecified atom stereocenters. The van der Waals surface area contributed by atoms with Crippen molar-refractivity contribution in [2.75, 3.05) is 19.9 Å². The summed E-state index contributed by atoms with van der Waals surface area (Å²) in [4.78, 5) is 27.6. The second-order valence-corrected chi connectivity index (χ2v) is 3.90. The summed E-state index contributed by atoms with van der Waals surface area (Å²) in [6.07, 6.45) is 0. The molecule has 7 nitrogen and oxygen atoms in total. The summed E-state index contributed by atoms with van der Waals surface area (Å²) in [7, 11) is 0. The molecule has 0 atom stereocenters. The van der Waals surface area contributed by atoms with Crippen molar-refractivity contribution in [3.8, 4) is 5.75 Å². The van der Waals surface area contributed by atoms with E-state index in [1.807, 2.05) is 13.0 Å². The maximum absolute atomic E-state index is 12.1. The van der Waals surface area contributed by atoms with Crippen LogP contribution in [0, 0.1) is 17.0 Å². The van der Waals surface area contributed by atoms with Crippen molar-refractivity contribution in [2.24, 2.45) is 0 Å². The smallest absolute Gasteiger partial charge is 0.294 e. The normalized spacial score (nSPS) is 13.8. The van der Waals surface area contributed by atoms with Gasteiger partial charge in [0.1, 0.15) is 12.4 Å². The molecule has 7 heteroatoms. The van der Waals surface area contributed by atoms with E-state index < -0.39 is 5.09 Å². The molecule has 1 amide bonds. The molecule has 0 saturated carbocycles. The Labute approximate surface area is 103 Å². The number of fused-ring (bicyclic) bond motifs is 1. The van der Waals surface area contributed by atoms with Crippen LogP contribution in [0.1, 0.15) is 15.9 Å². The van der Waals surface area contributed by atoms with Gasteiger partial charge >= 0.3 is 0 Å². The first-order chi connectivity index (χ1) is 8.58. The van der Waals surface area contributed by atoms with Gasteiger partial charge < -0.3 is 14.5 Å². The van der Waals surface area contributed by atoms with Crippen molar-refractivity contribution in [1.29, 1.82) is 0 Å². The number of carbonyl (C=O) groups is 1. The van der Waals surface area contributed by atoms with E-state index in [9.17, 15) is 14.9 Å². The molecule has 0 aromatic heterocycles. The Bertz CT molecular complexity index is 488. The number of rotatable bonds is 4. The number of amides is 1. The fourth-order valence-electron chi connectivity index (χ4n) is 1.70. The fourth-order valence-corrected chi connectivity index (χ4v) is 1.70. The van der Waals surface area contributed by atoms with E-state index in [1.165, 1.54) is 4.90 Å². The van der Waals surface area contributed by atoms with E-state index in [0.717, 1.165) is 5.56 Å². The van der Waals surface area contributed by atoms with Crippen molar-refractivity contribution in [3.63, 3.8) is 0 Å². The number of carbonyl (C=O) groups excluding carboxylic acids is 1. The van der Waals surface area contributed by atoms with Crippen LogP contribution in [-0.4, -0.2) is 35.8 Å². The third-order valence-corrected chi connectivity index (χ3v) is 2.59. The molecule has 0 spiro atoms. The van der Waals surface area contributed by atoms with Gasteiger partial charge in [0.2, 0.25) is 0 Å². The summed E-state index contributed by atoms with van der Waals surface area (Å²) in [5.74, 6) is 0.337. The predicted molar refractivity (Wildman–Crippen MR) is 60.7 cm³/mol. The quantitative estimate of drug-likeness (QED) is 0.589. The molecule has 1 aromatic rings. The molecule has 0 saturated heterocycles. The lowest BCUT2D eigenvalue weighted by Crippen LogP contribution is -2.40. The molecular formula is C11H12N2O5. The molecular weight excluding hydrogens is 240 g/mol. The Kier molecular flexibility index (Phi) is 3.31.